The van der Waals surface area contributed by atoms with Crippen LogP contribution in [0.15, 0.2) is 54.7 Å². The van der Waals surface area contributed by atoms with Crippen LogP contribution >= 0.6 is 22.9 Å². The van der Waals surface area contributed by atoms with Gasteiger partial charge in [-0.05, 0) is 17.7 Å². The average molecular weight is 343 g/mol. The number of thiazole rings is 1. The molecule has 0 fully saturated rings. The standard InChI is InChI=1S/C17H11ClN2O2S/c18-12-7-4-8-14-15(12)20-9-13(19-17(20)23-14)16(21)22-10-11-5-2-1-3-6-11/h1-9H,10H2. The molecule has 0 aliphatic carbocycles. The van der Waals surface area contributed by atoms with Crippen LogP contribution in [0.25, 0.3) is 15.2 Å². The number of hydrogen-bond donors (Lipinski definition) is 0. The maximum absolute atomic E-state index is 12.2. The Morgan fingerprint density at radius 2 is 2.00 bits per heavy atom. The topological polar surface area (TPSA) is 43.6 Å². The van der Waals surface area contributed by atoms with Crippen LogP contribution in [0.2, 0.25) is 5.02 Å². The first kappa shape index (κ1) is 14.2. The van der Waals surface area contributed by atoms with Crippen molar-refractivity contribution < 1.29 is 9.53 Å². The molecule has 4 aromatic rings. The van der Waals surface area contributed by atoms with Gasteiger partial charge in [-0.3, -0.25) is 4.40 Å². The first-order valence-electron chi connectivity index (χ1n) is 6.99. The van der Waals surface area contributed by atoms with Crippen molar-refractivity contribution in [1.29, 1.82) is 0 Å². The zero-order valence-corrected chi connectivity index (χ0v) is 13.5. The molecule has 0 bridgehead atoms. The highest BCUT2D eigenvalue weighted by molar-refractivity contribution is 7.23. The number of nitrogens with zero attached hydrogens (tertiary/aromatic N) is 2. The van der Waals surface area contributed by atoms with Gasteiger partial charge in [0.05, 0.1) is 15.2 Å². The highest BCUT2D eigenvalue weighted by Crippen LogP contribution is 2.31. The Labute approximate surface area is 140 Å². The number of benzene rings is 2. The predicted octanol–water partition coefficient (Wildman–Crippen LogP) is 4.56. The fourth-order valence-electron chi connectivity index (χ4n) is 2.40. The third-order valence-corrected chi connectivity index (χ3v) is 4.81. The number of para-hydroxylation sites is 1. The third kappa shape index (κ3) is 2.58. The lowest BCUT2D eigenvalue weighted by molar-refractivity contribution is 0.0466. The van der Waals surface area contributed by atoms with E-state index in [-0.39, 0.29) is 12.3 Å². The summed E-state index contributed by atoms with van der Waals surface area (Å²) >= 11 is 7.74. The monoisotopic (exact) mass is 342 g/mol. The van der Waals surface area contributed by atoms with Crippen LogP contribution in [0.1, 0.15) is 16.1 Å². The lowest BCUT2D eigenvalue weighted by Gasteiger charge is -2.02. The quantitative estimate of drug-likeness (QED) is 0.513. The molecule has 2 aromatic heterocycles. The Morgan fingerprint density at radius 3 is 2.83 bits per heavy atom. The van der Waals surface area contributed by atoms with Crippen LogP contribution < -0.4 is 0 Å². The number of carbonyl (C=O) groups is 1. The van der Waals surface area contributed by atoms with Crippen LogP contribution in [-0.4, -0.2) is 15.4 Å². The molecule has 0 aliphatic rings. The van der Waals surface area contributed by atoms with Gasteiger partial charge in [0, 0.05) is 6.20 Å². The molecule has 114 valence electrons. The Morgan fingerprint density at radius 1 is 1.17 bits per heavy atom. The smallest absolute Gasteiger partial charge is 0.358 e. The number of imidazole rings is 1. The van der Waals surface area contributed by atoms with Crippen LogP contribution in [0.4, 0.5) is 0 Å². The zero-order valence-electron chi connectivity index (χ0n) is 11.9. The van der Waals surface area contributed by atoms with E-state index < -0.39 is 5.97 Å². The molecular formula is C17H11ClN2O2S. The van der Waals surface area contributed by atoms with Crippen LogP contribution in [0.5, 0.6) is 0 Å². The van der Waals surface area contributed by atoms with Gasteiger partial charge in [0.2, 0.25) is 0 Å². The van der Waals surface area contributed by atoms with Crippen molar-refractivity contribution in [2.45, 2.75) is 6.61 Å². The minimum absolute atomic E-state index is 0.229. The Balaban J connectivity index is 1.63. The van der Waals surface area contributed by atoms with Crippen molar-refractivity contribution in [2.24, 2.45) is 0 Å². The summed E-state index contributed by atoms with van der Waals surface area (Å²) in [5.74, 6) is -0.440. The van der Waals surface area contributed by atoms with Gasteiger partial charge in [-0.15, -0.1) is 0 Å². The lowest BCUT2D eigenvalue weighted by Crippen LogP contribution is -2.05. The molecule has 0 N–H and O–H groups in total. The SMILES string of the molecule is O=C(OCc1ccccc1)c1cn2c(n1)sc1cccc(Cl)c12. The maximum atomic E-state index is 12.2. The van der Waals surface area contributed by atoms with E-state index in [0.29, 0.717) is 5.02 Å². The first-order chi connectivity index (χ1) is 11.2. The normalized spacial score (nSPS) is 11.2. The van der Waals surface area contributed by atoms with Gasteiger partial charge in [-0.25, -0.2) is 9.78 Å². The maximum Gasteiger partial charge on any atom is 0.358 e. The summed E-state index contributed by atoms with van der Waals surface area (Å²) in [4.78, 5) is 17.3. The summed E-state index contributed by atoms with van der Waals surface area (Å²) in [7, 11) is 0. The number of hydrogen-bond acceptors (Lipinski definition) is 4. The van der Waals surface area contributed by atoms with E-state index >= 15 is 0 Å². The van der Waals surface area contributed by atoms with Crippen molar-refractivity contribution in [3.63, 3.8) is 0 Å². The average Bonchev–Trinajstić information content (AvgIpc) is 3.11. The molecule has 0 unspecified atom stereocenters. The largest absolute Gasteiger partial charge is 0.456 e. The second-order valence-corrected chi connectivity index (χ2v) is 6.45. The van der Waals surface area contributed by atoms with Gasteiger partial charge in [0.25, 0.3) is 0 Å². The summed E-state index contributed by atoms with van der Waals surface area (Å²) in [5.41, 5.74) is 2.09. The molecule has 0 radical (unpaired) electrons. The fourth-order valence-corrected chi connectivity index (χ4v) is 3.76. The molecule has 0 saturated heterocycles. The summed E-state index contributed by atoms with van der Waals surface area (Å²) in [5, 5.41) is 0.635. The molecule has 0 aliphatic heterocycles. The molecular weight excluding hydrogens is 332 g/mol. The Kier molecular flexibility index (Phi) is 3.52. The van der Waals surface area contributed by atoms with Crippen molar-refractivity contribution >= 4 is 44.1 Å². The molecule has 2 aromatic carbocycles. The Hall–Kier alpha value is -2.37. The van der Waals surface area contributed by atoms with E-state index in [0.717, 1.165) is 20.7 Å². The second kappa shape index (κ2) is 5.68. The van der Waals surface area contributed by atoms with Gasteiger partial charge in [0.15, 0.2) is 10.7 Å². The van der Waals surface area contributed by atoms with E-state index in [9.17, 15) is 4.79 Å². The van der Waals surface area contributed by atoms with Crippen molar-refractivity contribution in [3.05, 3.63) is 71.0 Å². The molecule has 6 heteroatoms. The molecule has 23 heavy (non-hydrogen) atoms. The van der Waals surface area contributed by atoms with Gasteiger partial charge in [0.1, 0.15) is 6.61 Å². The highest BCUT2D eigenvalue weighted by atomic mass is 35.5. The van der Waals surface area contributed by atoms with Crippen LogP contribution in [0.3, 0.4) is 0 Å². The molecule has 4 rings (SSSR count). The predicted molar refractivity (Wildman–Crippen MR) is 91.1 cm³/mol. The van der Waals surface area contributed by atoms with Crippen LogP contribution in [-0.2, 0) is 11.3 Å². The highest BCUT2D eigenvalue weighted by Gasteiger charge is 2.16. The number of aromatic nitrogens is 2. The molecule has 0 spiro atoms. The number of ether oxygens (including phenoxy) is 1. The van der Waals surface area contributed by atoms with Crippen molar-refractivity contribution in [2.75, 3.05) is 0 Å². The fraction of sp³-hybridized carbons (Fsp3) is 0.0588. The number of halogens is 1. The van der Waals surface area contributed by atoms with Crippen molar-refractivity contribution in [1.82, 2.24) is 9.38 Å². The molecule has 0 saturated carbocycles. The number of esters is 1. The van der Waals surface area contributed by atoms with Gasteiger partial charge in [-0.2, -0.15) is 0 Å². The van der Waals surface area contributed by atoms with E-state index in [2.05, 4.69) is 4.98 Å². The van der Waals surface area contributed by atoms with E-state index in [4.69, 9.17) is 16.3 Å². The van der Waals surface area contributed by atoms with Gasteiger partial charge in [-0.1, -0.05) is 59.3 Å². The zero-order chi connectivity index (χ0) is 15.8. The van der Waals surface area contributed by atoms with Gasteiger partial charge >= 0.3 is 5.97 Å². The minimum Gasteiger partial charge on any atom is -0.456 e. The van der Waals surface area contributed by atoms with E-state index in [1.54, 1.807) is 6.20 Å². The minimum atomic E-state index is -0.440. The molecule has 4 nitrogen and oxygen atoms in total. The van der Waals surface area contributed by atoms with Gasteiger partial charge < -0.3 is 4.74 Å². The first-order valence-corrected chi connectivity index (χ1v) is 8.19. The molecule has 0 amide bonds. The molecule has 0 atom stereocenters. The van der Waals surface area contributed by atoms with E-state index in [1.165, 1.54) is 11.3 Å². The lowest BCUT2D eigenvalue weighted by atomic mass is 10.2. The number of rotatable bonds is 3. The van der Waals surface area contributed by atoms with E-state index in [1.807, 2.05) is 52.9 Å². The number of fused-ring (bicyclic) bond motifs is 3. The third-order valence-electron chi connectivity index (χ3n) is 3.49. The summed E-state index contributed by atoms with van der Waals surface area (Å²) in [6.45, 7) is 0.229. The van der Waals surface area contributed by atoms with Crippen molar-refractivity contribution in [3.8, 4) is 0 Å². The van der Waals surface area contributed by atoms with Crippen LogP contribution in [0, 0.1) is 0 Å². The summed E-state index contributed by atoms with van der Waals surface area (Å²) < 4.78 is 8.18. The summed E-state index contributed by atoms with van der Waals surface area (Å²) in [6.07, 6.45) is 1.67. The molecule has 2 heterocycles. The number of carbonyl (C=O) groups excluding carboxylic acids is 1. The summed E-state index contributed by atoms with van der Waals surface area (Å²) in [6, 6.07) is 15.3. The Bertz CT molecular complexity index is 1010. The second-order valence-electron chi connectivity index (χ2n) is 5.03.